The predicted octanol–water partition coefficient (Wildman–Crippen LogP) is 5.04. The average molecular weight is 460 g/mol. The Morgan fingerprint density at radius 1 is 1.04 bits per heavy atom. The number of hydrogen-bond donors (Lipinski definition) is 1. The molecule has 0 aliphatic carbocycles. The molecule has 0 radical (unpaired) electrons. The van der Waals surface area contributed by atoms with Crippen molar-refractivity contribution in [3.05, 3.63) is 68.7 Å². The zero-order valence-corrected chi connectivity index (χ0v) is 18.6. The molecule has 0 aromatic heterocycles. The normalized spacial score (nSPS) is 11.8. The number of nitrogens with zero attached hydrogens (tertiary/aromatic N) is 1. The molecule has 2 rings (SSSR count). The molecule has 2 amide bonds. The van der Waals surface area contributed by atoms with Crippen LogP contribution in [0.3, 0.4) is 0 Å². The van der Waals surface area contributed by atoms with Crippen molar-refractivity contribution in [3.63, 3.8) is 0 Å². The molecule has 0 saturated carbocycles. The molecule has 2 aromatic rings. The number of hydrogen-bond acceptors (Lipinski definition) is 3. The largest absolute Gasteiger partial charge is 0.357 e. The van der Waals surface area contributed by atoms with E-state index in [9.17, 15) is 9.59 Å². The summed E-state index contributed by atoms with van der Waals surface area (Å²) in [5.74, 6) is 0.536. The highest BCUT2D eigenvalue weighted by Crippen LogP contribution is 2.25. The average Bonchev–Trinajstić information content (AvgIpc) is 2.69. The van der Waals surface area contributed by atoms with Gasteiger partial charge in [-0.1, -0.05) is 53.0 Å². The second-order valence-corrected chi connectivity index (χ2v) is 8.42. The van der Waals surface area contributed by atoms with E-state index in [1.54, 1.807) is 43.1 Å². The zero-order valence-electron chi connectivity index (χ0n) is 15.5. The maximum Gasteiger partial charge on any atom is 0.242 e. The molecule has 2 aromatic carbocycles. The van der Waals surface area contributed by atoms with E-state index in [1.807, 2.05) is 18.2 Å². The molecule has 1 N–H and O–H groups in total. The third-order valence-corrected chi connectivity index (χ3v) is 6.14. The van der Waals surface area contributed by atoms with Crippen molar-refractivity contribution < 1.29 is 9.59 Å². The van der Waals surface area contributed by atoms with Crippen LogP contribution in [0, 0.1) is 0 Å². The molecular formula is C20H21Cl3N2O2S. The molecule has 0 spiro atoms. The van der Waals surface area contributed by atoms with E-state index in [-0.39, 0.29) is 17.6 Å². The van der Waals surface area contributed by atoms with Crippen molar-refractivity contribution >= 4 is 58.4 Å². The van der Waals surface area contributed by atoms with Gasteiger partial charge in [-0.25, -0.2) is 0 Å². The Morgan fingerprint density at radius 2 is 1.68 bits per heavy atom. The fraction of sp³-hybridized carbons (Fsp3) is 0.300. The van der Waals surface area contributed by atoms with Gasteiger partial charge < -0.3 is 10.2 Å². The number of benzene rings is 2. The van der Waals surface area contributed by atoms with Crippen molar-refractivity contribution in [3.8, 4) is 0 Å². The summed E-state index contributed by atoms with van der Waals surface area (Å²) in [5, 5.41) is 4.21. The number of rotatable bonds is 8. The van der Waals surface area contributed by atoms with Crippen LogP contribution in [-0.4, -0.2) is 35.6 Å². The van der Waals surface area contributed by atoms with Crippen LogP contribution in [0.4, 0.5) is 0 Å². The van der Waals surface area contributed by atoms with Gasteiger partial charge >= 0.3 is 0 Å². The van der Waals surface area contributed by atoms with Gasteiger partial charge in [-0.2, -0.15) is 0 Å². The minimum atomic E-state index is -0.584. The van der Waals surface area contributed by atoms with Crippen LogP contribution in [0.15, 0.2) is 42.5 Å². The van der Waals surface area contributed by atoms with Gasteiger partial charge in [0.15, 0.2) is 0 Å². The number of thioether (sulfide) groups is 1. The molecule has 0 saturated heterocycles. The highest BCUT2D eigenvalue weighted by atomic mass is 35.5. The van der Waals surface area contributed by atoms with Gasteiger partial charge in [-0.3, -0.25) is 9.59 Å². The molecule has 0 bridgehead atoms. The molecule has 0 aliphatic rings. The van der Waals surface area contributed by atoms with Crippen molar-refractivity contribution in [1.82, 2.24) is 10.2 Å². The third kappa shape index (κ3) is 6.59. The van der Waals surface area contributed by atoms with Crippen LogP contribution in [0.25, 0.3) is 0 Å². The topological polar surface area (TPSA) is 49.4 Å². The first-order chi connectivity index (χ1) is 13.3. The summed E-state index contributed by atoms with van der Waals surface area (Å²) in [4.78, 5) is 26.5. The summed E-state index contributed by atoms with van der Waals surface area (Å²) in [6, 6.07) is 12.1. The summed E-state index contributed by atoms with van der Waals surface area (Å²) in [6.07, 6.45) is 0. The molecule has 28 heavy (non-hydrogen) atoms. The second-order valence-electron chi connectivity index (χ2n) is 6.18. The molecule has 0 heterocycles. The molecule has 0 fully saturated rings. The quantitative estimate of drug-likeness (QED) is 0.601. The molecule has 1 unspecified atom stereocenters. The highest BCUT2D eigenvalue weighted by Gasteiger charge is 2.25. The molecular weight excluding hydrogens is 439 g/mol. The predicted molar refractivity (Wildman–Crippen MR) is 118 cm³/mol. The summed E-state index contributed by atoms with van der Waals surface area (Å²) in [7, 11) is 1.56. The molecule has 0 aliphatic heterocycles. The lowest BCUT2D eigenvalue weighted by Crippen LogP contribution is -2.47. The minimum Gasteiger partial charge on any atom is -0.357 e. The fourth-order valence-corrected chi connectivity index (χ4v) is 3.85. The van der Waals surface area contributed by atoms with Crippen LogP contribution in [0.5, 0.6) is 0 Å². The van der Waals surface area contributed by atoms with E-state index < -0.39 is 6.04 Å². The summed E-state index contributed by atoms with van der Waals surface area (Å²) in [5.41, 5.74) is 1.89. The lowest BCUT2D eigenvalue weighted by Gasteiger charge is -2.28. The summed E-state index contributed by atoms with van der Waals surface area (Å²) in [6.45, 7) is 2.05. The standard InChI is InChI=1S/C20H21Cl3N2O2S/c1-13(20(27)24-2)25(10-14-3-6-16(21)7-4-14)19(26)12-28-11-15-5-8-17(22)18(23)9-15/h3-9,13H,10-12H2,1-2H3,(H,24,27). The van der Waals surface area contributed by atoms with Crippen LogP contribution < -0.4 is 5.32 Å². The van der Waals surface area contributed by atoms with Crippen LogP contribution in [0.2, 0.25) is 15.1 Å². The number of likely N-dealkylation sites (N-methyl/N-ethyl adjacent to an activating group) is 1. The Hall–Kier alpha value is -1.40. The smallest absolute Gasteiger partial charge is 0.242 e. The number of carbonyl (C=O) groups is 2. The third-order valence-electron chi connectivity index (χ3n) is 4.16. The highest BCUT2D eigenvalue weighted by molar-refractivity contribution is 7.99. The van der Waals surface area contributed by atoms with Gasteiger partial charge in [-0.05, 0) is 42.3 Å². The molecule has 1 atom stereocenters. The van der Waals surface area contributed by atoms with Gasteiger partial charge in [0.2, 0.25) is 11.8 Å². The monoisotopic (exact) mass is 458 g/mol. The number of halogens is 3. The van der Waals surface area contributed by atoms with E-state index >= 15 is 0 Å². The number of carbonyl (C=O) groups excluding carboxylic acids is 2. The molecule has 150 valence electrons. The maximum atomic E-state index is 12.8. The first-order valence-electron chi connectivity index (χ1n) is 8.59. The first kappa shape index (κ1) is 22.9. The van der Waals surface area contributed by atoms with Gasteiger partial charge in [0.25, 0.3) is 0 Å². The lowest BCUT2D eigenvalue weighted by atomic mass is 10.1. The number of amides is 2. The summed E-state index contributed by atoms with van der Waals surface area (Å²) >= 11 is 19.3. The van der Waals surface area contributed by atoms with Crippen LogP contribution in [-0.2, 0) is 21.9 Å². The van der Waals surface area contributed by atoms with Crippen LogP contribution in [0.1, 0.15) is 18.1 Å². The first-order valence-corrected chi connectivity index (χ1v) is 10.9. The van der Waals surface area contributed by atoms with E-state index in [0.717, 1.165) is 11.1 Å². The lowest BCUT2D eigenvalue weighted by molar-refractivity contribution is -0.138. The minimum absolute atomic E-state index is 0.115. The van der Waals surface area contributed by atoms with Gasteiger partial charge in [0.1, 0.15) is 6.04 Å². The maximum absolute atomic E-state index is 12.8. The Morgan fingerprint density at radius 3 is 2.29 bits per heavy atom. The summed E-state index contributed by atoms with van der Waals surface area (Å²) < 4.78 is 0. The second kappa shape index (κ2) is 11.0. The number of nitrogens with one attached hydrogen (secondary N) is 1. The Balaban J connectivity index is 2.03. The zero-order chi connectivity index (χ0) is 20.7. The van der Waals surface area contributed by atoms with E-state index in [2.05, 4.69) is 5.32 Å². The SMILES string of the molecule is CNC(=O)C(C)N(Cc1ccc(Cl)cc1)C(=O)CSCc1ccc(Cl)c(Cl)c1. The fourth-order valence-electron chi connectivity index (χ4n) is 2.55. The van der Waals surface area contributed by atoms with E-state index in [0.29, 0.717) is 27.4 Å². The molecule has 4 nitrogen and oxygen atoms in total. The van der Waals surface area contributed by atoms with E-state index in [1.165, 1.54) is 11.8 Å². The van der Waals surface area contributed by atoms with Crippen molar-refractivity contribution in [2.75, 3.05) is 12.8 Å². The van der Waals surface area contributed by atoms with Crippen molar-refractivity contribution in [2.45, 2.75) is 25.3 Å². The Kier molecular flexibility index (Phi) is 8.96. The Labute approximate surface area is 184 Å². The van der Waals surface area contributed by atoms with Gasteiger partial charge in [-0.15, -0.1) is 11.8 Å². The van der Waals surface area contributed by atoms with Crippen molar-refractivity contribution in [1.29, 1.82) is 0 Å². The van der Waals surface area contributed by atoms with Crippen molar-refractivity contribution in [2.24, 2.45) is 0 Å². The van der Waals surface area contributed by atoms with Gasteiger partial charge in [0.05, 0.1) is 15.8 Å². The van der Waals surface area contributed by atoms with Gasteiger partial charge in [0, 0.05) is 24.4 Å². The van der Waals surface area contributed by atoms with E-state index in [4.69, 9.17) is 34.8 Å². The van der Waals surface area contributed by atoms with Crippen LogP contribution >= 0.6 is 46.6 Å². The molecule has 8 heteroatoms. The Bertz CT molecular complexity index is 831.